The van der Waals surface area contributed by atoms with E-state index in [4.69, 9.17) is 9.47 Å². The molecule has 1 amide bonds. The Kier molecular flexibility index (Phi) is 5.59. The third-order valence-electron chi connectivity index (χ3n) is 4.93. The van der Waals surface area contributed by atoms with Crippen LogP contribution in [0.3, 0.4) is 0 Å². The number of hydrogen-bond donors (Lipinski definition) is 1. The first-order valence-electron chi connectivity index (χ1n) is 8.86. The molecule has 0 bridgehead atoms. The summed E-state index contributed by atoms with van der Waals surface area (Å²) in [5, 5.41) is 3.07. The molecule has 4 heteroatoms. The molecule has 2 aromatic rings. The van der Waals surface area contributed by atoms with E-state index in [0.29, 0.717) is 24.7 Å². The predicted molar refractivity (Wildman–Crippen MR) is 98.1 cm³/mol. The fraction of sp³-hybridized carbons (Fsp3) is 0.381. The van der Waals surface area contributed by atoms with Gasteiger partial charge in [0.25, 0.3) is 0 Å². The van der Waals surface area contributed by atoms with Crippen molar-refractivity contribution in [3.63, 3.8) is 0 Å². The average Bonchev–Trinajstić information content (AvgIpc) is 3.17. The van der Waals surface area contributed by atoms with Crippen molar-refractivity contribution in [3.8, 4) is 11.5 Å². The second-order valence-electron chi connectivity index (χ2n) is 6.41. The minimum absolute atomic E-state index is 0.111. The molecule has 1 saturated carbocycles. The molecule has 1 aliphatic carbocycles. The number of carbonyl (C=O) groups is 1. The van der Waals surface area contributed by atoms with E-state index >= 15 is 0 Å². The lowest BCUT2D eigenvalue weighted by Gasteiger charge is -2.28. The molecule has 132 valence electrons. The topological polar surface area (TPSA) is 47.6 Å². The zero-order valence-electron chi connectivity index (χ0n) is 14.7. The van der Waals surface area contributed by atoms with E-state index in [0.717, 1.165) is 31.2 Å². The van der Waals surface area contributed by atoms with Gasteiger partial charge >= 0.3 is 0 Å². The third kappa shape index (κ3) is 3.78. The van der Waals surface area contributed by atoms with Gasteiger partial charge in [-0.2, -0.15) is 0 Å². The Hall–Kier alpha value is -2.49. The van der Waals surface area contributed by atoms with E-state index in [1.165, 1.54) is 0 Å². The summed E-state index contributed by atoms with van der Waals surface area (Å²) in [5.41, 5.74) is 0.738. The highest BCUT2D eigenvalue weighted by atomic mass is 16.5. The zero-order valence-corrected chi connectivity index (χ0v) is 14.7. The number of methoxy groups -OCH3 is 1. The molecule has 0 unspecified atom stereocenters. The van der Waals surface area contributed by atoms with E-state index in [9.17, 15) is 4.79 Å². The first kappa shape index (κ1) is 17.3. The normalized spacial score (nSPS) is 15.6. The summed E-state index contributed by atoms with van der Waals surface area (Å²) in [5.74, 6) is 1.50. The lowest BCUT2D eigenvalue weighted by atomic mass is 9.78. The highest BCUT2D eigenvalue weighted by molar-refractivity contribution is 5.88. The van der Waals surface area contributed by atoms with Gasteiger partial charge in [-0.25, -0.2) is 0 Å². The Morgan fingerprint density at radius 1 is 1.00 bits per heavy atom. The summed E-state index contributed by atoms with van der Waals surface area (Å²) < 4.78 is 11.0. The molecule has 0 radical (unpaired) electrons. The van der Waals surface area contributed by atoms with Gasteiger partial charge in [0, 0.05) is 0 Å². The van der Waals surface area contributed by atoms with Crippen LogP contribution in [-0.4, -0.2) is 26.2 Å². The molecule has 0 saturated heterocycles. The van der Waals surface area contributed by atoms with Crippen molar-refractivity contribution in [2.45, 2.75) is 31.1 Å². The molecule has 0 spiro atoms. The molecule has 0 aliphatic heterocycles. The van der Waals surface area contributed by atoms with Crippen LogP contribution < -0.4 is 14.8 Å². The lowest BCUT2D eigenvalue weighted by Crippen LogP contribution is -2.43. The molecule has 0 aromatic heterocycles. The maximum Gasteiger partial charge on any atom is 0.230 e. The minimum Gasteiger partial charge on any atom is -0.493 e. The molecular weight excluding hydrogens is 314 g/mol. The molecule has 4 nitrogen and oxygen atoms in total. The van der Waals surface area contributed by atoms with Crippen LogP contribution in [0.2, 0.25) is 0 Å². The van der Waals surface area contributed by atoms with Crippen LogP contribution in [-0.2, 0) is 10.2 Å². The Morgan fingerprint density at radius 2 is 1.64 bits per heavy atom. The molecule has 25 heavy (non-hydrogen) atoms. The first-order chi connectivity index (χ1) is 12.3. The minimum atomic E-state index is -0.383. The average molecular weight is 339 g/mol. The van der Waals surface area contributed by atoms with Crippen molar-refractivity contribution in [1.82, 2.24) is 5.32 Å². The maximum absolute atomic E-state index is 12.9. The smallest absolute Gasteiger partial charge is 0.230 e. The SMILES string of the molecule is COc1ccccc1OCCNC(=O)C1(c2ccccc2)CCCC1. The fourth-order valence-electron chi connectivity index (χ4n) is 3.62. The quantitative estimate of drug-likeness (QED) is 0.783. The second kappa shape index (κ2) is 8.06. The Morgan fingerprint density at radius 3 is 2.32 bits per heavy atom. The van der Waals surface area contributed by atoms with Crippen molar-refractivity contribution in [2.24, 2.45) is 0 Å². The van der Waals surface area contributed by atoms with Gasteiger partial charge in [0.15, 0.2) is 11.5 Å². The fourth-order valence-corrected chi connectivity index (χ4v) is 3.62. The molecule has 1 N–H and O–H groups in total. The van der Waals surface area contributed by atoms with Crippen molar-refractivity contribution in [2.75, 3.05) is 20.3 Å². The van der Waals surface area contributed by atoms with Crippen molar-refractivity contribution in [3.05, 3.63) is 60.2 Å². The zero-order chi connectivity index (χ0) is 17.5. The number of amides is 1. The number of benzene rings is 2. The third-order valence-corrected chi connectivity index (χ3v) is 4.93. The van der Waals surface area contributed by atoms with Crippen molar-refractivity contribution >= 4 is 5.91 Å². The van der Waals surface area contributed by atoms with Gasteiger partial charge < -0.3 is 14.8 Å². The lowest BCUT2D eigenvalue weighted by molar-refractivity contribution is -0.126. The number of hydrogen-bond acceptors (Lipinski definition) is 3. The van der Waals surface area contributed by atoms with Crippen molar-refractivity contribution < 1.29 is 14.3 Å². The van der Waals surface area contributed by atoms with Gasteiger partial charge in [0.2, 0.25) is 5.91 Å². The highest BCUT2D eigenvalue weighted by Crippen LogP contribution is 2.41. The van der Waals surface area contributed by atoms with E-state index < -0.39 is 0 Å². The number of nitrogens with one attached hydrogen (secondary N) is 1. The van der Waals surface area contributed by atoms with Crippen LogP contribution in [0.4, 0.5) is 0 Å². The molecule has 1 aliphatic rings. The summed E-state index contributed by atoms with van der Waals surface area (Å²) in [4.78, 5) is 12.9. The van der Waals surface area contributed by atoms with Gasteiger partial charge in [-0.15, -0.1) is 0 Å². The predicted octanol–water partition coefficient (Wildman–Crippen LogP) is 3.70. The summed E-state index contributed by atoms with van der Waals surface area (Å²) in [6.45, 7) is 0.891. The Balaban J connectivity index is 1.58. The largest absolute Gasteiger partial charge is 0.493 e. The molecular formula is C21H25NO3. The van der Waals surface area contributed by atoms with E-state index in [1.54, 1.807) is 7.11 Å². The number of para-hydroxylation sites is 2. The summed E-state index contributed by atoms with van der Waals surface area (Å²) in [6, 6.07) is 17.7. The van der Waals surface area contributed by atoms with Gasteiger partial charge in [0.05, 0.1) is 19.1 Å². The van der Waals surface area contributed by atoms with E-state index in [1.807, 2.05) is 42.5 Å². The molecule has 3 rings (SSSR count). The number of carbonyl (C=O) groups excluding carboxylic acids is 1. The van der Waals surface area contributed by atoms with Crippen LogP contribution in [0.1, 0.15) is 31.2 Å². The molecule has 2 aromatic carbocycles. The van der Waals surface area contributed by atoms with E-state index in [2.05, 4.69) is 17.4 Å². The Bertz CT molecular complexity index is 693. The monoisotopic (exact) mass is 339 g/mol. The summed E-state index contributed by atoms with van der Waals surface area (Å²) in [6.07, 6.45) is 4.02. The molecule has 0 heterocycles. The van der Waals surface area contributed by atoms with Crippen LogP contribution in [0.25, 0.3) is 0 Å². The number of ether oxygens (including phenoxy) is 2. The van der Waals surface area contributed by atoms with Crippen LogP contribution >= 0.6 is 0 Å². The standard InChI is InChI=1S/C21H25NO3/c1-24-18-11-5-6-12-19(18)25-16-15-22-20(23)21(13-7-8-14-21)17-9-3-2-4-10-17/h2-6,9-12H,7-8,13-16H2,1H3,(H,22,23). The van der Waals surface area contributed by atoms with Gasteiger partial charge in [0.1, 0.15) is 6.61 Å². The van der Waals surface area contributed by atoms with Crippen LogP contribution in [0.5, 0.6) is 11.5 Å². The Labute approximate surface area is 149 Å². The summed E-state index contributed by atoms with van der Waals surface area (Å²) >= 11 is 0. The van der Waals surface area contributed by atoms with E-state index in [-0.39, 0.29) is 11.3 Å². The van der Waals surface area contributed by atoms with Crippen LogP contribution in [0, 0.1) is 0 Å². The van der Waals surface area contributed by atoms with Gasteiger partial charge in [-0.05, 0) is 30.5 Å². The first-order valence-corrected chi connectivity index (χ1v) is 8.86. The summed E-state index contributed by atoms with van der Waals surface area (Å²) in [7, 11) is 1.62. The molecule has 1 fully saturated rings. The van der Waals surface area contributed by atoms with Crippen LogP contribution in [0.15, 0.2) is 54.6 Å². The number of rotatable bonds is 7. The highest BCUT2D eigenvalue weighted by Gasteiger charge is 2.42. The van der Waals surface area contributed by atoms with Crippen molar-refractivity contribution in [1.29, 1.82) is 0 Å². The second-order valence-corrected chi connectivity index (χ2v) is 6.41. The van der Waals surface area contributed by atoms with Gasteiger partial charge in [-0.3, -0.25) is 4.79 Å². The maximum atomic E-state index is 12.9. The van der Waals surface area contributed by atoms with Gasteiger partial charge in [-0.1, -0.05) is 55.3 Å². The molecule has 0 atom stereocenters.